The Balaban J connectivity index is 3.65. The van der Waals surface area contributed by atoms with E-state index in [2.05, 4.69) is 27.7 Å². The highest BCUT2D eigenvalue weighted by Crippen LogP contribution is 2.26. The van der Waals surface area contributed by atoms with Gasteiger partial charge >= 0.3 is 0 Å². The molecule has 0 N–H and O–H groups in total. The monoisotopic (exact) mass is 354 g/mol. The van der Waals surface area contributed by atoms with Gasteiger partial charge in [0.1, 0.15) is 0 Å². The van der Waals surface area contributed by atoms with E-state index >= 15 is 0 Å². The highest BCUT2D eigenvalue weighted by molar-refractivity contribution is 4.74. The molecule has 0 aromatic heterocycles. The molecule has 0 aliphatic rings. The maximum atomic E-state index is 6.36. The molecule has 0 radical (unpaired) electrons. The molecule has 1 nitrogen and oxygen atoms in total. The first-order valence-corrected chi connectivity index (χ1v) is 11.8. The second-order valence-electron chi connectivity index (χ2n) is 8.39. The van der Waals surface area contributed by atoms with Gasteiger partial charge in [-0.15, -0.1) is 0 Å². The highest BCUT2D eigenvalue weighted by atomic mass is 16.5. The molecule has 1 heteroatoms. The number of hydrogen-bond donors (Lipinski definition) is 0. The Kier molecular flexibility index (Phi) is 18.7. The van der Waals surface area contributed by atoms with Crippen LogP contribution in [-0.4, -0.2) is 12.2 Å². The lowest BCUT2D eigenvalue weighted by Gasteiger charge is -2.30. The fourth-order valence-electron chi connectivity index (χ4n) is 3.81. The molecule has 0 rings (SSSR count). The van der Waals surface area contributed by atoms with Crippen molar-refractivity contribution in [2.75, 3.05) is 6.61 Å². The molecule has 0 aliphatic heterocycles. The van der Waals surface area contributed by atoms with Gasteiger partial charge in [0.15, 0.2) is 0 Å². The third-order valence-corrected chi connectivity index (χ3v) is 5.54. The van der Waals surface area contributed by atoms with E-state index in [-0.39, 0.29) is 5.60 Å². The first-order valence-electron chi connectivity index (χ1n) is 11.8. The molecule has 1 atom stereocenters. The summed E-state index contributed by atoms with van der Waals surface area (Å²) < 4.78 is 6.36. The Hall–Kier alpha value is -0.0400. The van der Waals surface area contributed by atoms with Crippen LogP contribution in [0, 0.1) is 0 Å². The molecule has 0 aromatic rings. The molecule has 152 valence electrons. The van der Waals surface area contributed by atoms with Gasteiger partial charge in [-0.05, 0) is 26.2 Å². The second kappa shape index (κ2) is 18.7. The average Bonchev–Trinajstić information content (AvgIpc) is 2.60. The lowest BCUT2D eigenvalue weighted by atomic mass is 9.92. The molecule has 0 aliphatic carbocycles. The van der Waals surface area contributed by atoms with Crippen molar-refractivity contribution in [3.8, 4) is 0 Å². The lowest BCUT2D eigenvalue weighted by molar-refractivity contribution is -0.0471. The van der Waals surface area contributed by atoms with Crippen LogP contribution in [0.25, 0.3) is 0 Å². The summed E-state index contributed by atoms with van der Waals surface area (Å²) in [6.45, 7) is 10.2. The molecule has 0 bridgehead atoms. The van der Waals surface area contributed by atoms with Gasteiger partial charge in [-0.3, -0.25) is 0 Å². The minimum absolute atomic E-state index is 0.138. The topological polar surface area (TPSA) is 9.23 Å². The molecule has 0 fully saturated rings. The molecular weight excluding hydrogens is 304 g/mol. The highest BCUT2D eigenvalue weighted by Gasteiger charge is 2.23. The molecule has 1 unspecified atom stereocenters. The van der Waals surface area contributed by atoms with Crippen LogP contribution < -0.4 is 0 Å². The van der Waals surface area contributed by atoms with Crippen molar-refractivity contribution in [2.24, 2.45) is 0 Å². The van der Waals surface area contributed by atoms with Crippen LogP contribution in [-0.2, 0) is 4.74 Å². The van der Waals surface area contributed by atoms with Crippen LogP contribution >= 0.6 is 0 Å². The van der Waals surface area contributed by atoms with Gasteiger partial charge < -0.3 is 4.74 Å². The summed E-state index contributed by atoms with van der Waals surface area (Å²) in [4.78, 5) is 0. The summed E-state index contributed by atoms with van der Waals surface area (Å²) in [6, 6.07) is 0. The van der Waals surface area contributed by atoms with E-state index in [1.165, 1.54) is 116 Å². The van der Waals surface area contributed by atoms with Gasteiger partial charge in [-0.2, -0.15) is 0 Å². The molecule has 0 amide bonds. The van der Waals surface area contributed by atoms with E-state index in [1.54, 1.807) is 0 Å². The van der Waals surface area contributed by atoms with Gasteiger partial charge in [-0.25, -0.2) is 0 Å². The summed E-state index contributed by atoms with van der Waals surface area (Å²) in [6.07, 6.45) is 24.5. The van der Waals surface area contributed by atoms with Crippen LogP contribution in [0.3, 0.4) is 0 Å². The Morgan fingerprint density at radius 3 is 1.40 bits per heavy atom. The molecular formula is C24H50O. The summed E-state index contributed by atoms with van der Waals surface area (Å²) in [5, 5.41) is 0. The fraction of sp³-hybridized carbons (Fsp3) is 1.00. The molecule has 25 heavy (non-hydrogen) atoms. The van der Waals surface area contributed by atoms with Gasteiger partial charge in [0, 0.05) is 6.61 Å². The van der Waals surface area contributed by atoms with Crippen molar-refractivity contribution in [3.05, 3.63) is 0 Å². The maximum Gasteiger partial charge on any atom is 0.0654 e. The van der Waals surface area contributed by atoms with Crippen molar-refractivity contribution < 1.29 is 4.74 Å². The van der Waals surface area contributed by atoms with E-state index in [0.717, 1.165) is 6.61 Å². The SMILES string of the molecule is CCCCCCCCCCOC(C)(CCC)CCCCCCCCC. The van der Waals surface area contributed by atoms with Gasteiger partial charge in [-0.1, -0.05) is 117 Å². The zero-order chi connectivity index (χ0) is 18.6. The third kappa shape index (κ3) is 17.1. The van der Waals surface area contributed by atoms with Crippen LogP contribution in [0.1, 0.15) is 143 Å². The van der Waals surface area contributed by atoms with E-state index < -0.39 is 0 Å². The lowest BCUT2D eigenvalue weighted by Crippen LogP contribution is -2.29. The van der Waals surface area contributed by atoms with Crippen LogP contribution in [0.2, 0.25) is 0 Å². The molecule has 0 aromatic carbocycles. The Morgan fingerprint density at radius 1 is 0.480 bits per heavy atom. The van der Waals surface area contributed by atoms with Crippen molar-refractivity contribution in [2.45, 2.75) is 149 Å². The van der Waals surface area contributed by atoms with E-state index in [0.29, 0.717) is 0 Å². The third-order valence-electron chi connectivity index (χ3n) is 5.54. The van der Waals surface area contributed by atoms with Gasteiger partial charge in [0.25, 0.3) is 0 Å². The van der Waals surface area contributed by atoms with Crippen LogP contribution in [0.15, 0.2) is 0 Å². The van der Waals surface area contributed by atoms with Crippen LogP contribution in [0.4, 0.5) is 0 Å². The van der Waals surface area contributed by atoms with Crippen molar-refractivity contribution in [1.29, 1.82) is 0 Å². The number of ether oxygens (including phenoxy) is 1. The summed E-state index contributed by atoms with van der Waals surface area (Å²) in [5.74, 6) is 0. The van der Waals surface area contributed by atoms with E-state index in [1.807, 2.05) is 0 Å². The van der Waals surface area contributed by atoms with E-state index in [9.17, 15) is 0 Å². The average molecular weight is 355 g/mol. The summed E-state index contributed by atoms with van der Waals surface area (Å²) in [7, 11) is 0. The summed E-state index contributed by atoms with van der Waals surface area (Å²) >= 11 is 0. The molecule has 0 spiro atoms. The van der Waals surface area contributed by atoms with Gasteiger partial charge in [0.05, 0.1) is 5.60 Å². The Labute approximate surface area is 160 Å². The van der Waals surface area contributed by atoms with Crippen molar-refractivity contribution in [1.82, 2.24) is 0 Å². The first kappa shape index (κ1) is 25.0. The zero-order valence-electron chi connectivity index (χ0n) is 18.3. The van der Waals surface area contributed by atoms with Gasteiger partial charge in [0.2, 0.25) is 0 Å². The first-order chi connectivity index (χ1) is 12.2. The Morgan fingerprint density at radius 2 is 0.920 bits per heavy atom. The minimum Gasteiger partial charge on any atom is -0.375 e. The molecule has 0 saturated carbocycles. The number of rotatable bonds is 20. The van der Waals surface area contributed by atoms with Crippen LogP contribution in [0.5, 0.6) is 0 Å². The normalized spacial score (nSPS) is 13.9. The largest absolute Gasteiger partial charge is 0.375 e. The number of hydrogen-bond acceptors (Lipinski definition) is 1. The molecule has 0 saturated heterocycles. The second-order valence-corrected chi connectivity index (χ2v) is 8.39. The maximum absolute atomic E-state index is 6.36. The quantitative estimate of drug-likeness (QED) is 0.198. The van der Waals surface area contributed by atoms with Crippen molar-refractivity contribution >= 4 is 0 Å². The standard InChI is InChI=1S/C24H50O/c1-5-8-10-12-14-16-18-20-23-25-24(4,21-7-3)22-19-17-15-13-11-9-6-2/h5-23H2,1-4H3. The minimum atomic E-state index is 0.138. The van der Waals surface area contributed by atoms with Crippen molar-refractivity contribution in [3.63, 3.8) is 0 Å². The predicted octanol–water partition coefficient (Wildman–Crippen LogP) is 8.84. The van der Waals surface area contributed by atoms with E-state index in [4.69, 9.17) is 4.74 Å². The fourth-order valence-corrected chi connectivity index (χ4v) is 3.81. The predicted molar refractivity (Wildman–Crippen MR) is 114 cm³/mol. The number of unbranched alkanes of at least 4 members (excludes halogenated alkanes) is 13. The molecule has 0 heterocycles. The summed E-state index contributed by atoms with van der Waals surface area (Å²) in [5.41, 5.74) is 0.138. The Bertz CT molecular complexity index is 250. The zero-order valence-corrected chi connectivity index (χ0v) is 18.3. The smallest absolute Gasteiger partial charge is 0.0654 e.